The lowest BCUT2D eigenvalue weighted by Crippen LogP contribution is -2.38. The van der Waals surface area contributed by atoms with Crippen molar-refractivity contribution in [2.24, 2.45) is 5.73 Å². The zero-order chi connectivity index (χ0) is 9.71. The zero-order valence-corrected chi connectivity index (χ0v) is 8.53. The fourth-order valence-electron chi connectivity index (χ4n) is 2.87. The van der Waals surface area contributed by atoms with Gasteiger partial charge in [-0.2, -0.15) is 0 Å². The number of benzene rings is 1. The molecule has 1 aromatic rings. The van der Waals surface area contributed by atoms with Crippen LogP contribution in [0.15, 0.2) is 18.2 Å². The van der Waals surface area contributed by atoms with Gasteiger partial charge < -0.3 is 10.6 Å². The second kappa shape index (κ2) is 2.74. The van der Waals surface area contributed by atoms with Crippen molar-refractivity contribution in [2.75, 3.05) is 4.90 Å². The number of aryl methyl sites for hydroxylation is 1. The molecular formula is C12H16N2. The summed E-state index contributed by atoms with van der Waals surface area (Å²) in [5.41, 5.74) is 10.3. The molecule has 0 radical (unpaired) electrons. The fraction of sp³-hybridized carbons (Fsp3) is 0.500. The highest BCUT2D eigenvalue weighted by Gasteiger charge is 2.37. The third kappa shape index (κ3) is 1.01. The van der Waals surface area contributed by atoms with Gasteiger partial charge in [-0.15, -0.1) is 0 Å². The van der Waals surface area contributed by atoms with E-state index in [-0.39, 0.29) is 6.17 Å². The van der Waals surface area contributed by atoms with E-state index >= 15 is 0 Å². The Morgan fingerprint density at radius 3 is 3.07 bits per heavy atom. The van der Waals surface area contributed by atoms with Gasteiger partial charge in [-0.3, -0.25) is 0 Å². The first-order chi connectivity index (χ1) is 6.75. The van der Waals surface area contributed by atoms with Gasteiger partial charge in [-0.25, -0.2) is 0 Å². The van der Waals surface area contributed by atoms with Crippen LogP contribution in [0.4, 0.5) is 5.69 Å². The minimum Gasteiger partial charge on any atom is -0.353 e. The topological polar surface area (TPSA) is 29.3 Å². The van der Waals surface area contributed by atoms with Crippen molar-refractivity contribution in [1.82, 2.24) is 0 Å². The van der Waals surface area contributed by atoms with Gasteiger partial charge in [0.1, 0.15) is 0 Å². The summed E-state index contributed by atoms with van der Waals surface area (Å²) < 4.78 is 0. The summed E-state index contributed by atoms with van der Waals surface area (Å²) in [6, 6.07) is 7.41. The minimum absolute atomic E-state index is 0.254. The summed E-state index contributed by atoms with van der Waals surface area (Å²) in [6.45, 7) is 2.16. The maximum absolute atomic E-state index is 6.10. The van der Waals surface area contributed by atoms with E-state index < -0.39 is 0 Å². The molecule has 0 saturated carbocycles. The van der Waals surface area contributed by atoms with E-state index in [9.17, 15) is 0 Å². The maximum atomic E-state index is 6.10. The van der Waals surface area contributed by atoms with Crippen LogP contribution in [-0.4, -0.2) is 12.2 Å². The number of hydrogen-bond donors (Lipinski definition) is 1. The Morgan fingerprint density at radius 1 is 1.36 bits per heavy atom. The van der Waals surface area contributed by atoms with Crippen LogP contribution in [0.1, 0.15) is 24.0 Å². The Morgan fingerprint density at radius 2 is 2.21 bits per heavy atom. The number of nitrogens with zero attached hydrogens (tertiary/aromatic N) is 1. The molecule has 2 aliphatic heterocycles. The molecule has 0 aliphatic carbocycles. The third-order valence-corrected chi connectivity index (χ3v) is 3.52. The SMILES string of the molecule is Cc1ccc2c(c1)CC1CCC(N)N21. The van der Waals surface area contributed by atoms with Gasteiger partial charge in [0, 0.05) is 11.7 Å². The highest BCUT2D eigenvalue weighted by Crippen LogP contribution is 2.39. The van der Waals surface area contributed by atoms with Gasteiger partial charge >= 0.3 is 0 Å². The van der Waals surface area contributed by atoms with E-state index in [1.807, 2.05) is 0 Å². The van der Waals surface area contributed by atoms with Crippen molar-refractivity contribution in [2.45, 2.75) is 38.4 Å². The average Bonchev–Trinajstić information content (AvgIpc) is 2.66. The number of rotatable bonds is 0. The molecule has 74 valence electrons. The van der Waals surface area contributed by atoms with Crippen molar-refractivity contribution >= 4 is 5.69 Å². The maximum Gasteiger partial charge on any atom is 0.0775 e. The van der Waals surface area contributed by atoms with Crippen molar-refractivity contribution < 1.29 is 0 Å². The highest BCUT2D eigenvalue weighted by atomic mass is 15.3. The molecule has 1 saturated heterocycles. The van der Waals surface area contributed by atoms with Crippen LogP contribution < -0.4 is 10.6 Å². The quantitative estimate of drug-likeness (QED) is 0.672. The van der Waals surface area contributed by atoms with E-state index in [0.29, 0.717) is 6.04 Å². The van der Waals surface area contributed by atoms with Crippen molar-refractivity contribution in [3.63, 3.8) is 0 Å². The Bertz CT molecular complexity index is 373. The minimum atomic E-state index is 0.254. The van der Waals surface area contributed by atoms with Gasteiger partial charge in [-0.05, 0) is 37.8 Å². The molecular weight excluding hydrogens is 172 g/mol. The third-order valence-electron chi connectivity index (χ3n) is 3.52. The second-order valence-electron chi connectivity index (χ2n) is 4.54. The predicted octanol–water partition coefficient (Wildman–Crippen LogP) is 1.80. The van der Waals surface area contributed by atoms with Gasteiger partial charge in [-0.1, -0.05) is 17.7 Å². The lowest BCUT2D eigenvalue weighted by molar-refractivity contribution is 0.674. The molecule has 1 aromatic carbocycles. The molecule has 2 aliphatic rings. The molecule has 2 nitrogen and oxygen atoms in total. The van der Waals surface area contributed by atoms with Gasteiger partial charge in [0.25, 0.3) is 0 Å². The molecule has 0 amide bonds. The molecule has 2 heteroatoms. The molecule has 0 bridgehead atoms. The number of fused-ring (bicyclic) bond motifs is 3. The van der Waals surface area contributed by atoms with Crippen LogP contribution in [0.3, 0.4) is 0 Å². The number of anilines is 1. The lowest BCUT2D eigenvalue weighted by Gasteiger charge is -2.24. The van der Waals surface area contributed by atoms with Crippen LogP contribution in [0, 0.1) is 6.92 Å². The van der Waals surface area contributed by atoms with Crippen LogP contribution in [0.5, 0.6) is 0 Å². The first-order valence-electron chi connectivity index (χ1n) is 5.39. The summed E-state index contributed by atoms with van der Waals surface area (Å²) in [6.07, 6.45) is 3.86. The molecule has 1 fully saturated rings. The van der Waals surface area contributed by atoms with Gasteiger partial charge in [0.05, 0.1) is 6.17 Å². The van der Waals surface area contributed by atoms with Crippen LogP contribution in [-0.2, 0) is 6.42 Å². The highest BCUT2D eigenvalue weighted by molar-refractivity contribution is 5.62. The molecule has 2 N–H and O–H groups in total. The van der Waals surface area contributed by atoms with E-state index in [1.54, 1.807) is 0 Å². The summed E-state index contributed by atoms with van der Waals surface area (Å²) in [5.74, 6) is 0. The summed E-state index contributed by atoms with van der Waals surface area (Å²) in [5, 5.41) is 0. The lowest BCUT2D eigenvalue weighted by atomic mass is 10.1. The average molecular weight is 188 g/mol. The Labute approximate surface area is 84.7 Å². The normalized spacial score (nSPS) is 29.1. The van der Waals surface area contributed by atoms with Crippen molar-refractivity contribution in [1.29, 1.82) is 0 Å². The van der Waals surface area contributed by atoms with E-state index in [2.05, 4.69) is 30.0 Å². The van der Waals surface area contributed by atoms with E-state index in [4.69, 9.17) is 5.73 Å². The van der Waals surface area contributed by atoms with Gasteiger partial charge in [0.15, 0.2) is 0 Å². The molecule has 2 atom stereocenters. The first kappa shape index (κ1) is 8.30. The van der Waals surface area contributed by atoms with Crippen LogP contribution in [0.25, 0.3) is 0 Å². The number of hydrogen-bond acceptors (Lipinski definition) is 2. The van der Waals surface area contributed by atoms with Crippen molar-refractivity contribution in [3.05, 3.63) is 29.3 Å². The molecule has 14 heavy (non-hydrogen) atoms. The smallest absolute Gasteiger partial charge is 0.0775 e. The summed E-state index contributed by atoms with van der Waals surface area (Å²) in [4.78, 5) is 2.41. The van der Waals surface area contributed by atoms with Crippen LogP contribution in [0.2, 0.25) is 0 Å². The Balaban J connectivity index is 2.07. The molecule has 0 spiro atoms. The van der Waals surface area contributed by atoms with E-state index in [0.717, 1.165) is 6.42 Å². The zero-order valence-electron chi connectivity index (χ0n) is 8.53. The molecule has 3 rings (SSSR count). The second-order valence-corrected chi connectivity index (χ2v) is 4.54. The van der Waals surface area contributed by atoms with E-state index in [1.165, 1.54) is 29.7 Å². The number of nitrogens with two attached hydrogens (primary N) is 1. The molecule has 0 aromatic heterocycles. The van der Waals surface area contributed by atoms with Crippen LogP contribution >= 0.6 is 0 Å². The first-order valence-corrected chi connectivity index (χ1v) is 5.39. The Hall–Kier alpha value is -1.02. The summed E-state index contributed by atoms with van der Waals surface area (Å²) >= 11 is 0. The molecule has 2 heterocycles. The van der Waals surface area contributed by atoms with Crippen molar-refractivity contribution in [3.8, 4) is 0 Å². The fourth-order valence-corrected chi connectivity index (χ4v) is 2.87. The molecule has 2 unspecified atom stereocenters. The predicted molar refractivity (Wildman–Crippen MR) is 58.4 cm³/mol. The standard InChI is InChI=1S/C12H16N2/c1-8-2-4-11-9(6-8)7-10-3-5-12(13)14(10)11/h2,4,6,10,12H,3,5,7,13H2,1H3. The summed E-state index contributed by atoms with van der Waals surface area (Å²) in [7, 11) is 0. The monoisotopic (exact) mass is 188 g/mol. The largest absolute Gasteiger partial charge is 0.353 e. The van der Waals surface area contributed by atoms with Gasteiger partial charge in [0.2, 0.25) is 0 Å². The Kier molecular flexibility index (Phi) is 1.62.